The van der Waals surface area contributed by atoms with Gasteiger partial charge in [0, 0.05) is 6.61 Å². The molecule has 2 aliphatic heterocycles. The van der Waals surface area contributed by atoms with E-state index in [1.165, 1.54) is 16.2 Å². The van der Waals surface area contributed by atoms with Crippen molar-refractivity contribution in [2.45, 2.75) is 25.9 Å². The molecule has 0 saturated carbocycles. The number of rotatable bonds is 4. The standard InChI is InChI=1S/C17H16N4O4S/c1-9-4-2-5-10-13(9)21(16(24)14(10)23)8-12(22)18-17-20-19-15(26-17)11-6-3-7-25-11/h2,4-5,11H,3,6-8H2,1H3,(H,18,20,22). The van der Waals surface area contributed by atoms with Crippen LogP contribution in [0.2, 0.25) is 0 Å². The van der Waals surface area contributed by atoms with Gasteiger partial charge in [-0.2, -0.15) is 0 Å². The summed E-state index contributed by atoms with van der Waals surface area (Å²) in [6.45, 7) is 2.25. The summed E-state index contributed by atoms with van der Waals surface area (Å²) in [5, 5.41) is 11.7. The molecule has 0 spiro atoms. The van der Waals surface area contributed by atoms with Gasteiger partial charge < -0.3 is 4.74 Å². The first kappa shape index (κ1) is 16.8. The van der Waals surface area contributed by atoms with Crippen LogP contribution >= 0.6 is 11.3 Å². The Bertz CT molecular complexity index is 904. The summed E-state index contributed by atoms with van der Waals surface area (Å²) in [6.07, 6.45) is 1.81. The van der Waals surface area contributed by atoms with Gasteiger partial charge in [-0.3, -0.25) is 24.6 Å². The van der Waals surface area contributed by atoms with E-state index >= 15 is 0 Å². The number of Topliss-reactive ketones (excluding diaryl/α,β-unsaturated/α-hetero) is 1. The first-order chi connectivity index (χ1) is 12.5. The number of aromatic nitrogens is 2. The van der Waals surface area contributed by atoms with Gasteiger partial charge in [0.05, 0.1) is 11.3 Å². The van der Waals surface area contributed by atoms with Crippen molar-refractivity contribution in [2.75, 3.05) is 23.4 Å². The zero-order valence-corrected chi connectivity index (χ0v) is 14.8. The number of nitrogens with zero attached hydrogens (tertiary/aromatic N) is 3. The van der Waals surface area contributed by atoms with Crippen LogP contribution in [0.1, 0.15) is 39.9 Å². The maximum atomic E-state index is 12.4. The number of hydrogen-bond acceptors (Lipinski definition) is 7. The highest BCUT2D eigenvalue weighted by molar-refractivity contribution is 7.15. The van der Waals surface area contributed by atoms with Gasteiger partial charge in [-0.15, -0.1) is 10.2 Å². The molecule has 2 aliphatic rings. The molecule has 3 heterocycles. The molecule has 0 radical (unpaired) electrons. The second kappa shape index (κ2) is 6.58. The SMILES string of the molecule is Cc1cccc2c1N(CC(=O)Nc1nnc(C3CCCO3)s1)C(=O)C2=O. The average molecular weight is 372 g/mol. The van der Waals surface area contributed by atoms with Gasteiger partial charge in [0.15, 0.2) is 0 Å². The van der Waals surface area contributed by atoms with Crippen molar-refractivity contribution < 1.29 is 19.1 Å². The van der Waals surface area contributed by atoms with Crippen molar-refractivity contribution in [3.8, 4) is 0 Å². The van der Waals surface area contributed by atoms with E-state index in [0.29, 0.717) is 23.0 Å². The Balaban J connectivity index is 1.47. The number of fused-ring (bicyclic) bond motifs is 1. The largest absolute Gasteiger partial charge is 0.371 e. The summed E-state index contributed by atoms with van der Waals surface area (Å²) in [4.78, 5) is 37.9. The number of hydrogen-bond donors (Lipinski definition) is 1. The summed E-state index contributed by atoms with van der Waals surface area (Å²) < 4.78 is 5.55. The fourth-order valence-corrected chi connectivity index (χ4v) is 4.02. The molecule has 1 unspecified atom stereocenters. The third kappa shape index (κ3) is 2.89. The van der Waals surface area contributed by atoms with Crippen LogP contribution in [0, 0.1) is 6.92 Å². The molecule has 2 amide bonds. The fourth-order valence-electron chi connectivity index (χ4n) is 3.18. The molecule has 0 bridgehead atoms. The zero-order chi connectivity index (χ0) is 18.3. The summed E-state index contributed by atoms with van der Waals surface area (Å²) in [5.41, 5.74) is 1.60. The number of carbonyl (C=O) groups is 3. The van der Waals surface area contributed by atoms with E-state index in [0.717, 1.165) is 23.4 Å². The van der Waals surface area contributed by atoms with E-state index in [1.54, 1.807) is 25.1 Å². The topological polar surface area (TPSA) is 101 Å². The molecule has 26 heavy (non-hydrogen) atoms. The van der Waals surface area contributed by atoms with E-state index in [9.17, 15) is 14.4 Å². The fraction of sp³-hybridized carbons (Fsp3) is 0.353. The van der Waals surface area contributed by atoms with Crippen LogP contribution in [-0.4, -0.2) is 40.9 Å². The monoisotopic (exact) mass is 372 g/mol. The molecule has 1 saturated heterocycles. The van der Waals surface area contributed by atoms with E-state index < -0.39 is 17.6 Å². The molecule has 1 aromatic carbocycles. The molecular weight excluding hydrogens is 356 g/mol. The first-order valence-corrected chi connectivity index (χ1v) is 9.07. The molecule has 1 aromatic heterocycles. The molecule has 4 rings (SSSR count). The van der Waals surface area contributed by atoms with Gasteiger partial charge in [0.1, 0.15) is 17.7 Å². The number of benzene rings is 1. The van der Waals surface area contributed by atoms with Crippen LogP contribution < -0.4 is 10.2 Å². The first-order valence-electron chi connectivity index (χ1n) is 8.25. The Labute approximate surface area is 153 Å². The number of nitrogens with one attached hydrogen (secondary N) is 1. The van der Waals surface area contributed by atoms with Crippen molar-refractivity contribution in [3.05, 3.63) is 34.3 Å². The number of amides is 2. The van der Waals surface area contributed by atoms with Crippen LogP contribution in [-0.2, 0) is 14.3 Å². The molecule has 134 valence electrons. The number of carbonyl (C=O) groups excluding carboxylic acids is 3. The van der Waals surface area contributed by atoms with Crippen LogP contribution in [0.4, 0.5) is 10.8 Å². The average Bonchev–Trinajstić information content (AvgIpc) is 3.33. The molecule has 1 N–H and O–H groups in total. The minimum Gasteiger partial charge on any atom is -0.371 e. The molecule has 9 heteroatoms. The maximum Gasteiger partial charge on any atom is 0.299 e. The lowest BCUT2D eigenvalue weighted by Crippen LogP contribution is -2.37. The molecule has 0 aliphatic carbocycles. The minimum atomic E-state index is -0.693. The highest BCUT2D eigenvalue weighted by atomic mass is 32.1. The predicted molar refractivity (Wildman–Crippen MR) is 94.3 cm³/mol. The Morgan fingerprint density at radius 3 is 3.00 bits per heavy atom. The van der Waals surface area contributed by atoms with E-state index in [2.05, 4.69) is 15.5 Å². The number of ether oxygens (including phenoxy) is 1. The normalized spacial score (nSPS) is 19.1. The van der Waals surface area contributed by atoms with Gasteiger partial charge in [-0.05, 0) is 31.4 Å². The smallest absolute Gasteiger partial charge is 0.299 e. The summed E-state index contributed by atoms with van der Waals surface area (Å²) in [6, 6.07) is 5.12. The highest BCUT2D eigenvalue weighted by Crippen LogP contribution is 2.33. The Kier molecular flexibility index (Phi) is 4.25. The summed E-state index contributed by atoms with van der Waals surface area (Å²) >= 11 is 1.26. The third-order valence-corrected chi connectivity index (χ3v) is 5.32. The van der Waals surface area contributed by atoms with Gasteiger partial charge in [0.25, 0.3) is 11.7 Å². The molecular formula is C17H16N4O4S. The van der Waals surface area contributed by atoms with E-state index in [1.807, 2.05) is 0 Å². The second-order valence-corrected chi connectivity index (χ2v) is 7.20. The Hall–Kier alpha value is -2.65. The zero-order valence-electron chi connectivity index (χ0n) is 14.0. The summed E-state index contributed by atoms with van der Waals surface area (Å²) in [7, 11) is 0. The maximum absolute atomic E-state index is 12.4. The number of aryl methyl sites for hydroxylation is 1. The van der Waals surface area contributed by atoms with Crippen LogP contribution in [0.15, 0.2) is 18.2 Å². The molecule has 2 aromatic rings. The second-order valence-electron chi connectivity index (χ2n) is 6.19. The lowest BCUT2D eigenvalue weighted by atomic mass is 10.1. The van der Waals surface area contributed by atoms with Crippen molar-refractivity contribution in [2.24, 2.45) is 0 Å². The third-order valence-electron chi connectivity index (χ3n) is 4.39. The molecule has 1 fully saturated rings. The van der Waals surface area contributed by atoms with Crippen molar-refractivity contribution >= 4 is 39.8 Å². The number of anilines is 2. The van der Waals surface area contributed by atoms with Crippen molar-refractivity contribution in [1.82, 2.24) is 10.2 Å². The minimum absolute atomic E-state index is 0.0644. The van der Waals surface area contributed by atoms with Crippen molar-refractivity contribution in [1.29, 1.82) is 0 Å². The van der Waals surface area contributed by atoms with E-state index in [4.69, 9.17) is 4.74 Å². The Morgan fingerprint density at radius 1 is 1.38 bits per heavy atom. The van der Waals surface area contributed by atoms with Crippen LogP contribution in [0.3, 0.4) is 0 Å². The number of ketones is 1. The highest BCUT2D eigenvalue weighted by Gasteiger charge is 2.37. The van der Waals surface area contributed by atoms with Crippen molar-refractivity contribution in [3.63, 3.8) is 0 Å². The molecule has 8 nitrogen and oxygen atoms in total. The quantitative estimate of drug-likeness (QED) is 0.822. The Morgan fingerprint density at radius 2 is 2.23 bits per heavy atom. The van der Waals surface area contributed by atoms with E-state index in [-0.39, 0.29) is 12.6 Å². The van der Waals surface area contributed by atoms with Crippen LogP contribution in [0.25, 0.3) is 0 Å². The summed E-state index contributed by atoms with van der Waals surface area (Å²) in [5.74, 6) is -1.72. The van der Waals surface area contributed by atoms with Crippen LogP contribution in [0.5, 0.6) is 0 Å². The number of para-hydroxylation sites is 1. The van der Waals surface area contributed by atoms with Gasteiger partial charge >= 0.3 is 0 Å². The lowest BCUT2D eigenvalue weighted by Gasteiger charge is -2.17. The van der Waals surface area contributed by atoms with Gasteiger partial charge in [-0.25, -0.2) is 0 Å². The van der Waals surface area contributed by atoms with Gasteiger partial charge in [0.2, 0.25) is 11.0 Å². The van der Waals surface area contributed by atoms with Gasteiger partial charge in [-0.1, -0.05) is 23.5 Å². The molecule has 1 atom stereocenters. The predicted octanol–water partition coefficient (Wildman–Crippen LogP) is 1.87. The lowest BCUT2D eigenvalue weighted by molar-refractivity contribution is -0.118.